The summed E-state index contributed by atoms with van der Waals surface area (Å²) < 4.78 is 6.19. The Hall–Kier alpha value is -1.23. The second-order valence-electron chi connectivity index (χ2n) is 3.80. The van der Waals surface area contributed by atoms with Gasteiger partial charge in [-0.1, -0.05) is 23.7 Å². The Morgan fingerprint density at radius 1 is 1.22 bits per heavy atom. The smallest absolute Gasteiger partial charge is 0.160 e. The summed E-state index contributed by atoms with van der Waals surface area (Å²) in [7, 11) is 0. The highest BCUT2D eigenvalue weighted by Gasteiger charge is 2.14. The Balaban J connectivity index is 2.02. The van der Waals surface area contributed by atoms with Gasteiger partial charge in [0.15, 0.2) is 11.5 Å². The third-order valence-electron chi connectivity index (χ3n) is 2.52. The van der Waals surface area contributed by atoms with E-state index in [1.54, 1.807) is 30.3 Å². The van der Waals surface area contributed by atoms with E-state index in [1.165, 1.54) is 11.3 Å². The Labute approximate surface area is 114 Å². The first-order valence-corrected chi connectivity index (χ1v) is 6.67. The molecule has 5 heteroatoms. The minimum atomic E-state index is -0.137. The summed E-state index contributed by atoms with van der Waals surface area (Å²) in [6, 6.07) is 10.4. The Bertz CT molecular complexity index is 512. The van der Waals surface area contributed by atoms with E-state index >= 15 is 0 Å². The number of phenols is 1. The highest BCUT2D eigenvalue weighted by atomic mass is 35.5. The summed E-state index contributed by atoms with van der Waals surface area (Å²) >= 11 is 7.28. The fourth-order valence-corrected chi connectivity index (χ4v) is 2.68. The molecule has 0 spiro atoms. The normalized spacial score (nSPS) is 12.3. The number of hydrogen-bond donors (Lipinski definition) is 2. The predicted molar refractivity (Wildman–Crippen MR) is 72.8 cm³/mol. The molecule has 0 saturated heterocycles. The SMILES string of the molecule is OCC(COc1ccccc1O)c1ccc(Cl)s1. The van der Waals surface area contributed by atoms with Gasteiger partial charge >= 0.3 is 0 Å². The van der Waals surface area contributed by atoms with Crippen molar-refractivity contribution in [1.82, 2.24) is 0 Å². The first kappa shape index (κ1) is 13.2. The van der Waals surface area contributed by atoms with Crippen LogP contribution in [0, 0.1) is 0 Å². The molecule has 2 N–H and O–H groups in total. The largest absolute Gasteiger partial charge is 0.504 e. The second-order valence-corrected chi connectivity index (χ2v) is 5.55. The van der Waals surface area contributed by atoms with Crippen molar-refractivity contribution in [2.75, 3.05) is 13.2 Å². The van der Waals surface area contributed by atoms with Gasteiger partial charge in [-0.2, -0.15) is 0 Å². The van der Waals surface area contributed by atoms with E-state index < -0.39 is 0 Å². The van der Waals surface area contributed by atoms with Crippen LogP contribution in [-0.4, -0.2) is 23.4 Å². The molecule has 18 heavy (non-hydrogen) atoms. The molecule has 1 heterocycles. The van der Waals surface area contributed by atoms with Crippen molar-refractivity contribution in [3.8, 4) is 11.5 Å². The number of aromatic hydroxyl groups is 1. The molecule has 0 amide bonds. The maximum atomic E-state index is 9.56. The van der Waals surface area contributed by atoms with Crippen LogP contribution in [0.15, 0.2) is 36.4 Å². The molecule has 0 saturated carbocycles. The lowest BCUT2D eigenvalue weighted by atomic mass is 10.1. The molecule has 1 atom stereocenters. The lowest BCUT2D eigenvalue weighted by Gasteiger charge is -2.14. The minimum absolute atomic E-state index is 0.0234. The lowest BCUT2D eigenvalue weighted by Crippen LogP contribution is -2.13. The van der Waals surface area contributed by atoms with Crippen molar-refractivity contribution in [3.63, 3.8) is 0 Å². The number of rotatable bonds is 5. The van der Waals surface area contributed by atoms with Crippen LogP contribution in [0.5, 0.6) is 11.5 Å². The summed E-state index contributed by atoms with van der Waals surface area (Å²) in [5.41, 5.74) is 0. The zero-order chi connectivity index (χ0) is 13.0. The fourth-order valence-electron chi connectivity index (χ4n) is 1.54. The van der Waals surface area contributed by atoms with Crippen LogP contribution in [0.3, 0.4) is 0 Å². The third-order valence-corrected chi connectivity index (χ3v) is 3.92. The molecule has 0 fully saturated rings. The van der Waals surface area contributed by atoms with Crippen LogP contribution in [0.4, 0.5) is 0 Å². The molecule has 3 nitrogen and oxygen atoms in total. The van der Waals surface area contributed by atoms with Crippen molar-refractivity contribution >= 4 is 22.9 Å². The standard InChI is InChI=1S/C13H13ClO3S/c14-13-6-5-12(18-13)9(7-15)8-17-11-4-2-1-3-10(11)16/h1-6,9,15-16H,7-8H2. The molecule has 1 aromatic carbocycles. The van der Waals surface area contributed by atoms with Crippen LogP contribution in [0.25, 0.3) is 0 Å². The number of aliphatic hydroxyl groups excluding tert-OH is 1. The molecule has 0 bridgehead atoms. The highest BCUT2D eigenvalue weighted by Crippen LogP contribution is 2.30. The fraction of sp³-hybridized carbons (Fsp3) is 0.231. The zero-order valence-corrected chi connectivity index (χ0v) is 11.1. The number of phenolic OH excluding ortho intramolecular Hbond substituents is 1. The number of aliphatic hydroxyl groups is 1. The van der Waals surface area contributed by atoms with Crippen molar-refractivity contribution < 1.29 is 14.9 Å². The molecule has 0 radical (unpaired) electrons. The van der Waals surface area contributed by atoms with E-state index in [1.807, 2.05) is 6.07 Å². The molecule has 2 rings (SSSR count). The van der Waals surface area contributed by atoms with Gasteiger partial charge in [0.2, 0.25) is 0 Å². The first-order valence-electron chi connectivity index (χ1n) is 5.47. The van der Waals surface area contributed by atoms with E-state index in [0.717, 1.165) is 4.88 Å². The van der Waals surface area contributed by atoms with Gasteiger partial charge in [0.25, 0.3) is 0 Å². The molecule has 0 aliphatic rings. The summed E-state index contributed by atoms with van der Waals surface area (Å²) in [5, 5.41) is 18.9. The van der Waals surface area contributed by atoms with Gasteiger partial charge in [-0.05, 0) is 24.3 Å². The molecule has 0 aliphatic carbocycles. The number of thiophene rings is 1. The maximum absolute atomic E-state index is 9.56. The number of para-hydroxylation sites is 2. The van der Waals surface area contributed by atoms with E-state index in [0.29, 0.717) is 16.7 Å². The number of ether oxygens (including phenoxy) is 1. The van der Waals surface area contributed by atoms with Crippen molar-refractivity contribution in [3.05, 3.63) is 45.6 Å². The molecule has 0 aliphatic heterocycles. The summed E-state index contributed by atoms with van der Waals surface area (Å²) in [6.07, 6.45) is 0. The topological polar surface area (TPSA) is 49.7 Å². The van der Waals surface area contributed by atoms with E-state index in [4.69, 9.17) is 16.3 Å². The predicted octanol–water partition coefficient (Wildman–Crippen LogP) is 3.26. The molecule has 1 unspecified atom stereocenters. The molecule has 1 aromatic heterocycles. The Morgan fingerprint density at radius 3 is 2.61 bits per heavy atom. The van der Waals surface area contributed by atoms with Crippen molar-refractivity contribution in [2.45, 2.75) is 5.92 Å². The van der Waals surface area contributed by atoms with Crippen LogP contribution in [-0.2, 0) is 0 Å². The highest BCUT2D eigenvalue weighted by molar-refractivity contribution is 7.16. The number of halogens is 1. The summed E-state index contributed by atoms with van der Waals surface area (Å²) in [6.45, 7) is 0.273. The van der Waals surface area contributed by atoms with Crippen LogP contribution in [0.1, 0.15) is 10.8 Å². The van der Waals surface area contributed by atoms with E-state index in [9.17, 15) is 10.2 Å². The summed E-state index contributed by atoms with van der Waals surface area (Å²) in [4.78, 5) is 0.970. The third kappa shape index (κ3) is 3.16. The molecule has 2 aromatic rings. The number of hydrogen-bond acceptors (Lipinski definition) is 4. The average molecular weight is 285 g/mol. The zero-order valence-electron chi connectivity index (χ0n) is 9.54. The molecular weight excluding hydrogens is 272 g/mol. The van der Waals surface area contributed by atoms with Gasteiger partial charge in [0, 0.05) is 4.88 Å². The van der Waals surface area contributed by atoms with E-state index in [2.05, 4.69) is 0 Å². The molecular formula is C13H13ClO3S. The van der Waals surface area contributed by atoms with Gasteiger partial charge < -0.3 is 14.9 Å². The van der Waals surface area contributed by atoms with Crippen molar-refractivity contribution in [2.24, 2.45) is 0 Å². The van der Waals surface area contributed by atoms with Crippen molar-refractivity contribution in [1.29, 1.82) is 0 Å². The van der Waals surface area contributed by atoms with Crippen LogP contribution < -0.4 is 4.74 Å². The Kier molecular flexibility index (Phi) is 4.47. The monoisotopic (exact) mass is 284 g/mol. The van der Waals surface area contributed by atoms with Gasteiger partial charge in [0.05, 0.1) is 23.5 Å². The van der Waals surface area contributed by atoms with Gasteiger partial charge in [-0.15, -0.1) is 11.3 Å². The molecule has 96 valence electrons. The lowest BCUT2D eigenvalue weighted by molar-refractivity contribution is 0.203. The maximum Gasteiger partial charge on any atom is 0.160 e. The average Bonchev–Trinajstić information content (AvgIpc) is 2.79. The van der Waals surface area contributed by atoms with E-state index in [-0.39, 0.29) is 18.3 Å². The minimum Gasteiger partial charge on any atom is -0.504 e. The van der Waals surface area contributed by atoms with Gasteiger partial charge in [-0.25, -0.2) is 0 Å². The summed E-state index contributed by atoms with van der Waals surface area (Å²) in [5.74, 6) is 0.374. The first-order chi connectivity index (χ1) is 8.70. The van der Waals surface area contributed by atoms with Crippen LogP contribution in [0.2, 0.25) is 4.34 Å². The van der Waals surface area contributed by atoms with Crippen LogP contribution >= 0.6 is 22.9 Å². The van der Waals surface area contributed by atoms with Gasteiger partial charge in [0.1, 0.15) is 0 Å². The van der Waals surface area contributed by atoms with Gasteiger partial charge in [-0.3, -0.25) is 0 Å². The quantitative estimate of drug-likeness (QED) is 0.886. The number of benzene rings is 1. The second kappa shape index (κ2) is 6.09. The Morgan fingerprint density at radius 2 is 2.00 bits per heavy atom.